The average molecular weight is 471 g/mol. The van der Waals surface area contributed by atoms with Gasteiger partial charge in [0, 0.05) is 17.2 Å². The van der Waals surface area contributed by atoms with Crippen LogP contribution in [0.5, 0.6) is 0 Å². The quantitative estimate of drug-likeness (QED) is 0.268. The number of esters is 1. The van der Waals surface area contributed by atoms with Crippen molar-refractivity contribution in [1.29, 1.82) is 0 Å². The molecule has 1 aliphatic carbocycles. The first kappa shape index (κ1) is 25.6. The second kappa shape index (κ2) is 12.5. The van der Waals surface area contributed by atoms with Crippen LogP contribution in [0.15, 0.2) is 36.4 Å². The minimum Gasteiger partial charge on any atom is -0.459 e. The molecule has 1 N–H and O–H groups in total. The van der Waals surface area contributed by atoms with Gasteiger partial charge in [-0.2, -0.15) is 0 Å². The maximum atomic E-state index is 12.7. The van der Waals surface area contributed by atoms with Gasteiger partial charge in [-0.25, -0.2) is 4.79 Å². The molecule has 1 aliphatic rings. The molecule has 1 unspecified atom stereocenters. The van der Waals surface area contributed by atoms with Crippen molar-refractivity contribution in [1.82, 2.24) is 0 Å². The number of unbranched alkanes of at least 4 members (excludes halogenated alkanes) is 2. The summed E-state index contributed by atoms with van der Waals surface area (Å²) in [6.45, 7) is 5.88. The van der Waals surface area contributed by atoms with Crippen LogP contribution in [0.3, 0.4) is 0 Å². The van der Waals surface area contributed by atoms with Gasteiger partial charge in [-0.15, -0.1) is 11.3 Å². The van der Waals surface area contributed by atoms with Crippen LogP contribution >= 0.6 is 11.3 Å². The third-order valence-electron chi connectivity index (χ3n) is 6.54. The Morgan fingerprint density at radius 1 is 1.12 bits per heavy atom. The highest BCUT2D eigenvalue weighted by Crippen LogP contribution is 2.40. The van der Waals surface area contributed by atoms with Gasteiger partial charge in [-0.3, -0.25) is 4.79 Å². The van der Waals surface area contributed by atoms with Crippen LogP contribution in [0.4, 0.5) is 0 Å². The number of aliphatic hydroxyl groups excluding tert-OH is 1. The summed E-state index contributed by atoms with van der Waals surface area (Å²) in [6.07, 6.45) is 8.10. The van der Waals surface area contributed by atoms with E-state index in [1.165, 1.54) is 16.2 Å². The van der Waals surface area contributed by atoms with E-state index in [1.54, 1.807) is 0 Å². The first-order chi connectivity index (χ1) is 15.9. The summed E-state index contributed by atoms with van der Waals surface area (Å²) in [7, 11) is 0. The molecule has 1 aromatic heterocycles. The predicted molar refractivity (Wildman–Crippen MR) is 134 cm³/mol. The van der Waals surface area contributed by atoms with E-state index in [0.29, 0.717) is 23.0 Å². The molecule has 1 heterocycles. The van der Waals surface area contributed by atoms with E-state index in [0.717, 1.165) is 62.5 Å². The molecule has 1 fully saturated rings. The monoisotopic (exact) mass is 470 g/mol. The molecule has 0 saturated heterocycles. The van der Waals surface area contributed by atoms with E-state index < -0.39 is 6.10 Å². The van der Waals surface area contributed by atoms with E-state index in [2.05, 4.69) is 6.92 Å². The molecular weight excluding hydrogens is 432 g/mol. The Morgan fingerprint density at radius 3 is 2.58 bits per heavy atom. The zero-order valence-electron chi connectivity index (χ0n) is 20.2. The lowest BCUT2D eigenvalue weighted by atomic mass is 9.84. The molecule has 4 nitrogen and oxygen atoms in total. The summed E-state index contributed by atoms with van der Waals surface area (Å²) < 4.78 is 5.28. The zero-order valence-corrected chi connectivity index (χ0v) is 21.0. The van der Waals surface area contributed by atoms with E-state index in [4.69, 9.17) is 4.74 Å². The van der Waals surface area contributed by atoms with Crippen molar-refractivity contribution >= 4 is 23.1 Å². The molecule has 0 amide bonds. The summed E-state index contributed by atoms with van der Waals surface area (Å²) >= 11 is 1.51. The van der Waals surface area contributed by atoms with Crippen molar-refractivity contribution in [2.24, 2.45) is 5.92 Å². The lowest BCUT2D eigenvalue weighted by molar-refractivity contribution is -0.119. The number of Topliss-reactive ketones (excluding diaryl/α,β-unsaturated/α-hetero) is 1. The van der Waals surface area contributed by atoms with E-state index in [9.17, 15) is 14.7 Å². The minimum absolute atomic E-state index is 0.0313. The summed E-state index contributed by atoms with van der Waals surface area (Å²) in [5, 5.41) is 10.4. The second-order valence-electron chi connectivity index (χ2n) is 9.53. The standard InChI is InChI=1S/C28H38O4S/c1-4-5-6-10-24(29)20-11-13-22(14-12-20)27-21(15-17-25(27)30)8-7-9-23-16-18-26(33-23)28(31)32-19(2)3/h11-14,16,18-19,21,24,27,29H,4-10,15,17H2,1-3H3/t21-,24?,27-/m1/s1. The van der Waals surface area contributed by atoms with Crippen LogP contribution < -0.4 is 0 Å². The third kappa shape index (κ3) is 7.25. The summed E-state index contributed by atoms with van der Waals surface area (Å²) in [4.78, 5) is 26.6. The molecule has 1 aromatic carbocycles. The summed E-state index contributed by atoms with van der Waals surface area (Å²) in [5.41, 5.74) is 2.03. The Morgan fingerprint density at radius 2 is 1.88 bits per heavy atom. The van der Waals surface area contributed by atoms with Crippen LogP contribution in [-0.4, -0.2) is 23.0 Å². The van der Waals surface area contributed by atoms with Gasteiger partial charge in [0.2, 0.25) is 0 Å². The molecule has 33 heavy (non-hydrogen) atoms. The molecule has 0 radical (unpaired) electrons. The molecule has 0 spiro atoms. The first-order valence-corrected chi connectivity index (χ1v) is 13.3. The fourth-order valence-corrected chi connectivity index (χ4v) is 5.73. The van der Waals surface area contributed by atoms with Gasteiger partial charge < -0.3 is 9.84 Å². The van der Waals surface area contributed by atoms with Gasteiger partial charge in [-0.1, -0.05) is 50.5 Å². The van der Waals surface area contributed by atoms with Crippen molar-refractivity contribution in [3.63, 3.8) is 0 Å². The lowest BCUT2D eigenvalue weighted by Crippen LogP contribution is -2.13. The number of aliphatic hydroxyl groups is 1. The number of thiophene rings is 1. The fraction of sp³-hybridized carbons (Fsp3) is 0.571. The SMILES string of the molecule is CCCCCC(O)c1ccc([C@@H]2C(=O)CC[C@H]2CCCc2ccc(C(=O)OC(C)C)s2)cc1. The average Bonchev–Trinajstić information content (AvgIpc) is 3.40. The Hall–Kier alpha value is -1.98. The number of carbonyl (C=O) groups is 2. The molecule has 2 aromatic rings. The van der Waals surface area contributed by atoms with Crippen LogP contribution in [0.2, 0.25) is 0 Å². The van der Waals surface area contributed by atoms with Gasteiger partial charge in [-0.05, 0) is 75.1 Å². The number of hydrogen-bond donors (Lipinski definition) is 1. The first-order valence-electron chi connectivity index (χ1n) is 12.5. The van der Waals surface area contributed by atoms with Crippen LogP contribution in [0.25, 0.3) is 0 Å². The van der Waals surface area contributed by atoms with Crippen molar-refractivity contribution in [2.75, 3.05) is 0 Å². The van der Waals surface area contributed by atoms with Crippen LogP contribution in [0.1, 0.15) is 110 Å². The lowest BCUT2D eigenvalue weighted by Gasteiger charge is -2.20. The smallest absolute Gasteiger partial charge is 0.348 e. The molecular formula is C28H38O4S. The normalized spacial score (nSPS) is 19.2. The second-order valence-corrected chi connectivity index (χ2v) is 10.7. The largest absolute Gasteiger partial charge is 0.459 e. The van der Waals surface area contributed by atoms with Crippen LogP contribution in [-0.2, 0) is 16.0 Å². The Kier molecular flexibility index (Phi) is 9.69. The molecule has 1 saturated carbocycles. The number of aryl methyl sites for hydroxylation is 1. The van der Waals surface area contributed by atoms with Crippen molar-refractivity contribution in [3.05, 3.63) is 57.3 Å². The maximum absolute atomic E-state index is 12.7. The molecule has 0 aliphatic heterocycles. The van der Waals surface area contributed by atoms with E-state index in [-0.39, 0.29) is 18.0 Å². The topological polar surface area (TPSA) is 63.6 Å². The number of rotatable bonds is 12. The highest BCUT2D eigenvalue weighted by Gasteiger charge is 2.35. The molecule has 180 valence electrons. The number of carbonyl (C=O) groups excluding carboxylic acids is 2. The molecule has 0 bridgehead atoms. The number of benzene rings is 1. The predicted octanol–water partition coefficient (Wildman–Crippen LogP) is 7.01. The maximum Gasteiger partial charge on any atom is 0.348 e. The van der Waals surface area contributed by atoms with E-state index in [1.807, 2.05) is 50.2 Å². The number of hydrogen-bond acceptors (Lipinski definition) is 5. The van der Waals surface area contributed by atoms with E-state index >= 15 is 0 Å². The fourth-order valence-electron chi connectivity index (χ4n) is 4.79. The zero-order chi connectivity index (χ0) is 23.8. The highest BCUT2D eigenvalue weighted by molar-refractivity contribution is 7.13. The van der Waals surface area contributed by atoms with Crippen molar-refractivity contribution in [2.45, 2.75) is 96.7 Å². The minimum atomic E-state index is -0.422. The van der Waals surface area contributed by atoms with Crippen molar-refractivity contribution in [3.8, 4) is 0 Å². The Bertz CT molecular complexity index is 899. The van der Waals surface area contributed by atoms with Gasteiger partial charge >= 0.3 is 5.97 Å². The van der Waals surface area contributed by atoms with Gasteiger partial charge in [0.05, 0.1) is 12.2 Å². The van der Waals surface area contributed by atoms with Crippen LogP contribution in [0, 0.1) is 5.92 Å². The Labute approximate surface area is 202 Å². The highest BCUT2D eigenvalue weighted by atomic mass is 32.1. The van der Waals surface area contributed by atoms with Gasteiger partial charge in [0.25, 0.3) is 0 Å². The molecule has 3 rings (SSSR count). The summed E-state index contributed by atoms with van der Waals surface area (Å²) in [5.74, 6) is 0.423. The number of ketones is 1. The Balaban J connectivity index is 1.54. The van der Waals surface area contributed by atoms with Gasteiger partial charge in [0.1, 0.15) is 10.7 Å². The molecule has 5 heteroatoms. The molecule has 3 atom stereocenters. The van der Waals surface area contributed by atoms with Gasteiger partial charge in [0.15, 0.2) is 0 Å². The summed E-state index contributed by atoms with van der Waals surface area (Å²) in [6, 6.07) is 12.0. The third-order valence-corrected chi connectivity index (χ3v) is 7.67. The number of ether oxygens (including phenoxy) is 1. The van der Waals surface area contributed by atoms with Crippen molar-refractivity contribution < 1.29 is 19.4 Å².